The first kappa shape index (κ1) is 9.23. The molecule has 2 nitrogen and oxygen atoms in total. The number of aliphatic hydroxyl groups is 1. The number of rotatable bonds is 1. The lowest BCUT2D eigenvalue weighted by molar-refractivity contribution is 0.188. The average Bonchev–Trinajstić information content (AvgIpc) is 1.83. The van der Waals surface area contributed by atoms with Crippen LogP contribution in [-0.4, -0.2) is 44.4 Å². The van der Waals surface area contributed by atoms with Gasteiger partial charge in [-0.1, -0.05) is 19.1 Å². The van der Waals surface area contributed by atoms with Crippen LogP contribution in [0.15, 0.2) is 0 Å². The molecule has 11 heavy (non-hydrogen) atoms. The maximum Gasteiger partial charge on any atom is 0.0633 e. The van der Waals surface area contributed by atoms with Gasteiger partial charge >= 0.3 is 0 Å². The fourth-order valence-corrected chi connectivity index (χ4v) is 5.81. The van der Waals surface area contributed by atoms with Gasteiger partial charge in [0.2, 0.25) is 0 Å². The molecule has 1 fully saturated rings. The van der Waals surface area contributed by atoms with Crippen LogP contribution in [0.3, 0.4) is 0 Å². The first-order valence-corrected chi connectivity index (χ1v) is 7.74. The molecule has 0 unspecified atom stereocenters. The van der Waals surface area contributed by atoms with Crippen molar-refractivity contribution in [3.63, 3.8) is 0 Å². The lowest BCUT2D eigenvalue weighted by Crippen LogP contribution is -2.50. The molecule has 0 aromatic rings. The highest BCUT2D eigenvalue weighted by molar-refractivity contribution is 6.77. The molecule has 1 aliphatic rings. The van der Waals surface area contributed by atoms with Crippen LogP contribution in [0.25, 0.3) is 0 Å². The summed E-state index contributed by atoms with van der Waals surface area (Å²) < 4.78 is 0. The summed E-state index contributed by atoms with van der Waals surface area (Å²) in [6.45, 7) is 6.28. The number of hydrogen-bond donors (Lipinski definition) is 1. The second-order valence-electron chi connectivity index (χ2n) is 4.61. The highest BCUT2D eigenvalue weighted by Gasteiger charge is 2.31. The van der Waals surface area contributed by atoms with Gasteiger partial charge in [-0.05, 0) is 19.1 Å². The Labute approximate surface area is 70.2 Å². The summed E-state index contributed by atoms with van der Waals surface area (Å²) in [5.74, 6) is 0.551. The molecule has 0 bridgehead atoms. The summed E-state index contributed by atoms with van der Waals surface area (Å²) in [5.41, 5.74) is 0. The van der Waals surface area contributed by atoms with Gasteiger partial charge in [-0.3, -0.25) is 0 Å². The van der Waals surface area contributed by atoms with E-state index < -0.39 is 8.07 Å². The predicted octanol–water partition coefficient (Wildman–Crippen LogP) is 0.788. The second kappa shape index (κ2) is 3.25. The summed E-state index contributed by atoms with van der Waals surface area (Å²) in [7, 11) is 1.19. The molecule has 1 aliphatic heterocycles. The Bertz CT molecular complexity index is 138. The molecule has 0 saturated carbocycles. The van der Waals surface area contributed by atoms with Crippen LogP contribution in [0.2, 0.25) is 19.1 Å². The molecule has 1 heterocycles. The van der Waals surface area contributed by atoms with Crippen molar-refractivity contribution in [2.24, 2.45) is 5.92 Å². The first-order chi connectivity index (χ1) is 5.03. The van der Waals surface area contributed by atoms with E-state index in [1.165, 1.54) is 12.2 Å². The molecule has 1 atom stereocenters. The lowest BCUT2D eigenvalue weighted by atomic mass is 10.2. The van der Waals surface area contributed by atoms with Gasteiger partial charge in [0.05, 0.1) is 8.07 Å². The van der Waals surface area contributed by atoms with E-state index in [1.54, 1.807) is 0 Å². The van der Waals surface area contributed by atoms with Crippen molar-refractivity contribution in [1.82, 2.24) is 4.90 Å². The van der Waals surface area contributed by atoms with Crippen LogP contribution in [0.4, 0.5) is 0 Å². The normalized spacial score (nSPS) is 32.2. The molecule has 0 aromatic heterocycles. The SMILES string of the molecule is CN1C[C@H](CO)C[Si](C)(C)C1. The minimum Gasteiger partial charge on any atom is -0.396 e. The van der Waals surface area contributed by atoms with Crippen molar-refractivity contribution >= 4 is 8.07 Å². The minimum absolute atomic E-state index is 0.376. The van der Waals surface area contributed by atoms with E-state index in [1.807, 2.05) is 0 Å². The zero-order valence-corrected chi connectivity index (χ0v) is 8.80. The molecular formula is C8H19NOSi. The second-order valence-corrected chi connectivity index (χ2v) is 9.67. The molecule has 0 aromatic carbocycles. The third-order valence-corrected chi connectivity index (χ3v) is 5.45. The van der Waals surface area contributed by atoms with Crippen molar-refractivity contribution in [3.8, 4) is 0 Å². The van der Waals surface area contributed by atoms with Crippen molar-refractivity contribution < 1.29 is 5.11 Å². The topological polar surface area (TPSA) is 23.5 Å². The quantitative estimate of drug-likeness (QED) is 0.593. The molecule has 66 valence electrons. The van der Waals surface area contributed by atoms with Crippen LogP contribution in [0.1, 0.15) is 0 Å². The van der Waals surface area contributed by atoms with Gasteiger partial charge in [0.15, 0.2) is 0 Å². The van der Waals surface area contributed by atoms with Crippen LogP contribution in [-0.2, 0) is 0 Å². The standard InChI is InChI=1S/C8H19NOSi/c1-9-4-8(5-10)6-11(2,3)7-9/h8,10H,4-7H2,1-3H3/t8-/m1/s1. The molecule has 0 aliphatic carbocycles. The smallest absolute Gasteiger partial charge is 0.0633 e. The lowest BCUT2D eigenvalue weighted by Gasteiger charge is -2.38. The fourth-order valence-electron chi connectivity index (χ4n) is 2.27. The van der Waals surface area contributed by atoms with Gasteiger partial charge in [-0.2, -0.15) is 0 Å². The predicted molar refractivity (Wildman–Crippen MR) is 50.4 cm³/mol. The Balaban J connectivity index is 2.51. The van der Waals surface area contributed by atoms with Crippen LogP contribution in [0.5, 0.6) is 0 Å². The Hall–Kier alpha value is 0.137. The van der Waals surface area contributed by atoms with Crippen LogP contribution < -0.4 is 0 Å². The summed E-state index contributed by atoms with van der Waals surface area (Å²) in [6, 6.07) is 1.30. The zero-order valence-electron chi connectivity index (χ0n) is 7.80. The van der Waals surface area contributed by atoms with Gasteiger partial charge in [-0.15, -0.1) is 0 Å². The molecular weight excluding hydrogens is 154 g/mol. The average molecular weight is 173 g/mol. The Kier molecular flexibility index (Phi) is 2.73. The van der Waals surface area contributed by atoms with Gasteiger partial charge < -0.3 is 10.0 Å². The van der Waals surface area contributed by atoms with E-state index in [4.69, 9.17) is 5.11 Å². The highest BCUT2D eigenvalue weighted by atomic mass is 28.3. The van der Waals surface area contributed by atoms with Crippen molar-refractivity contribution in [1.29, 1.82) is 0 Å². The Morgan fingerprint density at radius 2 is 2.18 bits per heavy atom. The molecule has 1 rings (SSSR count). The minimum atomic E-state index is -0.972. The molecule has 1 N–H and O–H groups in total. The van der Waals surface area contributed by atoms with E-state index in [0.717, 1.165) is 6.54 Å². The number of hydrogen-bond acceptors (Lipinski definition) is 2. The van der Waals surface area contributed by atoms with E-state index >= 15 is 0 Å². The summed E-state index contributed by atoms with van der Waals surface area (Å²) in [5, 5.41) is 9.04. The van der Waals surface area contributed by atoms with E-state index in [2.05, 4.69) is 25.0 Å². The van der Waals surface area contributed by atoms with Gasteiger partial charge in [-0.25, -0.2) is 0 Å². The molecule has 3 heteroatoms. The van der Waals surface area contributed by atoms with Crippen molar-refractivity contribution in [3.05, 3.63) is 0 Å². The van der Waals surface area contributed by atoms with E-state index in [9.17, 15) is 0 Å². The van der Waals surface area contributed by atoms with Gasteiger partial charge in [0, 0.05) is 13.2 Å². The maximum atomic E-state index is 9.04. The number of aliphatic hydroxyl groups excluding tert-OH is 1. The monoisotopic (exact) mass is 173 g/mol. The molecule has 0 spiro atoms. The Morgan fingerprint density at radius 3 is 2.64 bits per heavy atom. The third-order valence-electron chi connectivity index (χ3n) is 2.37. The first-order valence-electron chi connectivity index (χ1n) is 4.33. The fraction of sp³-hybridized carbons (Fsp3) is 1.00. The van der Waals surface area contributed by atoms with Gasteiger partial charge in [0.1, 0.15) is 0 Å². The van der Waals surface area contributed by atoms with E-state index in [-0.39, 0.29) is 0 Å². The van der Waals surface area contributed by atoms with Gasteiger partial charge in [0.25, 0.3) is 0 Å². The maximum absolute atomic E-state index is 9.04. The van der Waals surface area contributed by atoms with Crippen molar-refractivity contribution in [2.45, 2.75) is 19.1 Å². The van der Waals surface area contributed by atoms with Crippen molar-refractivity contribution in [2.75, 3.05) is 26.4 Å². The summed E-state index contributed by atoms with van der Waals surface area (Å²) in [4.78, 5) is 2.37. The Morgan fingerprint density at radius 1 is 1.55 bits per heavy atom. The van der Waals surface area contributed by atoms with E-state index in [0.29, 0.717) is 12.5 Å². The number of nitrogens with zero attached hydrogens (tertiary/aromatic N) is 1. The summed E-state index contributed by atoms with van der Waals surface area (Å²) in [6.07, 6.45) is 1.30. The van der Waals surface area contributed by atoms with Crippen LogP contribution in [0, 0.1) is 5.92 Å². The zero-order chi connectivity index (χ0) is 8.48. The van der Waals surface area contributed by atoms with Crippen LogP contribution >= 0.6 is 0 Å². The molecule has 0 radical (unpaired) electrons. The highest BCUT2D eigenvalue weighted by Crippen LogP contribution is 2.23. The third kappa shape index (κ3) is 2.58. The largest absolute Gasteiger partial charge is 0.396 e. The summed E-state index contributed by atoms with van der Waals surface area (Å²) >= 11 is 0. The molecule has 1 saturated heterocycles. The molecule has 0 amide bonds.